The average Bonchev–Trinajstić information content (AvgIpc) is 3.11. The minimum absolute atomic E-state index is 0.131. The van der Waals surface area contributed by atoms with Gasteiger partial charge in [-0.3, -0.25) is 9.59 Å². The molecule has 31 heavy (non-hydrogen) atoms. The van der Waals surface area contributed by atoms with Crippen LogP contribution in [0.5, 0.6) is 0 Å². The van der Waals surface area contributed by atoms with Gasteiger partial charge in [0.25, 0.3) is 0 Å². The second-order valence-electron chi connectivity index (χ2n) is 8.82. The lowest BCUT2D eigenvalue weighted by molar-refractivity contribution is -0.149. The monoisotopic (exact) mass is 431 g/mol. The normalized spacial score (nSPS) is 26.4. The Morgan fingerprint density at radius 1 is 1.23 bits per heavy atom. The number of hydrogen-bond acceptors (Lipinski definition) is 5. The van der Waals surface area contributed by atoms with E-state index in [0.29, 0.717) is 31.8 Å². The fourth-order valence-corrected chi connectivity index (χ4v) is 4.63. The standard InChI is InChI=1S/C23H33N3O5/c1-15(2)25(3)17-9-10-20(18(13-17)22(28)29)26-12-11-19(21(26)27)24-23(30)31-14-16-7-5-4-6-8-16/h4-8,15,17-20H,9-14H2,1-3H3,(H,24,30)(H,28,29). The van der Waals surface area contributed by atoms with Gasteiger partial charge in [0.05, 0.1) is 5.92 Å². The van der Waals surface area contributed by atoms with Gasteiger partial charge in [-0.05, 0) is 52.1 Å². The van der Waals surface area contributed by atoms with E-state index >= 15 is 0 Å². The summed E-state index contributed by atoms with van der Waals surface area (Å²) in [5, 5.41) is 12.5. The topological polar surface area (TPSA) is 99.2 Å². The van der Waals surface area contributed by atoms with Crippen LogP contribution in [-0.4, -0.2) is 70.6 Å². The zero-order valence-electron chi connectivity index (χ0n) is 18.5. The van der Waals surface area contributed by atoms with Crippen LogP contribution in [0.2, 0.25) is 0 Å². The summed E-state index contributed by atoms with van der Waals surface area (Å²) in [6.07, 6.45) is 1.84. The summed E-state index contributed by atoms with van der Waals surface area (Å²) in [6, 6.07) is 8.83. The highest BCUT2D eigenvalue weighted by atomic mass is 16.5. The molecule has 2 aliphatic rings. The number of aliphatic carboxylic acids is 1. The quantitative estimate of drug-likeness (QED) is 0.688. The van der Waals surface area contributed by atoms with E-state index in [4.69, 9.17) is 4.74 Å². The van der Waals surface area contributed by atoms with Gasteiger partial charge < -0.3 is 25.0 Å². The van der Waals surface area contributed by atoms with E-state index in [2.05, 4.69) is 24.1 Å². The third kappa shape index (κ3) is 5.55. The zero-order valence-corrected chi connectivity index (χ0v) is 18.5. The van der Waals surface area contributed by atoms with Crippen molar-refractivity contribution in [1.29, 1.82) is 0 Å². The van der Waals surface area contributed by atoms with Crippen molar-refractivity contribution in [3.8, 4) is 0 Å². The van der Waals surface area contributed by atoms with Crippen molar-refractivity contribution in [3.05, 3.63) is 35.9 Å². The molecule has 0 radical (unpaired) electrons. The minimum atomic E-state index is -0.863. The highest BCUT2D eigenvalue weighted by molar-refractivity contribution is 5.88. The van der Waals surface area contributed by atoms with Crippen LogP contribution in [0.15, 0.2) is 30.3 Å². The number of nitrogens with one attached hydrogen (secondary N) is 1. The molecule has 1 aromatic carbocycles. The first-order valence-corrected chi connectivity index (χ1v) is 11.0. The molecule has 1 heterocycles. The number of carbonyl (C=O) groups excluding carboxylic acids is 2. The molecule has 1 aliphatic heterocycles. The van der Waals surface area contributed by atoms with Crippen LogP contribution in [0, 0.1) is 5.92 Å². The smallest absolute Gasteiger partial charge is 0.408 e. The van der Waals surface area contributed by atoms with E-state index in [9.17, 15) is 19.5 Å². The number of amides is 2. The molecular formula is C23H33N3O5. The molecule has 8 nitrogen and oxygen atoms in total. The Morgan fingerprint density at radius 2 is 1.94 bits per heavy atom. The Hall–Kier alpha value is -2.61. The van der Waals surface area contributed by atoms with Crippen molar-refractivity contribution in [2.75, 3.05) is 13.6 Å². The largest absolute Gasteiger partial charge is 0.481 e. The van der Waals surface area contributed by atoms with E-state index in [1.807, 2.05) is 37.4 Å². The fraction of sp³-hybridized carbons (Fsp3) is 0.609. The Morgan fingerprint density at radius 3 is 2.58 bits per heavy atom. The number of alkyl carbamates (subject to hydrolysis) is 1. The van der Waals surface area contributed by atoms with Crippen molar-refractivity contribution in [2.45, 2.75) is 70.3 Å². The maximum Gasteiger partial charge on any atom is 0.408 e. The van der Waals surface area contributed by atoms with Crippen LogP contribution in [0.1, 0.15) is 45.1 Å². The predicted octanol–water partition coefficient (Wildman–Crippen LogP) is 2.48. The van der Waals surface area contributed by atoms with Crippen molar-refractivity contribution in [1.82, 2.24) is 15.1 Å². The van der Waals surface area contributed by atoms with E-state index in [1.165, 1.54) is 0 Å². The number of likely N-dealkylation sites (tertiary alicyclic amines) is 1. The van der Waals surface area contributed by atoms with Crippen LogP contribution in [0.3, 0.4) is 0 Å². The second-order valence-corrected chi connectivity index (χ2v) is 8.82. The third-order valence-corrected chi connectivity index (χ3v) is 6.64. The van der Waals surface area contributed by atoms with Gasteiger partial charge in [0.2, 0.25) is 5.91 Å². The van der Waals surface area contributed by atoms with E-state index in [0.717, 1.165) is 12.0 Å². The summed E-state index contributed by atoms with van der Waals surface area (Å²) in [5.41, 5.74) is 0.865. The lowest BCUT2D eigenvalue weighted by Gasteiger charge is -2.43. The first-order valence-electron chi connectivity index (χ1n) is 11.0. The molecule has 0 bridgehead atoms. The summed E-state index contributed by atoms with van der Waals surface area (Å²) in [5.74, 6) is -1.69. The van der Waals surface area contributed by atoms with Crippen molar-refractivity contribution in [3.63, 3.8) is 0 Å². The first kappa shape index (κ1) is 23.1. The molecule has 8 heteroatoms. The molecule has 2 fully saturated rings. The number of rotatable bonds is 7. The summed E-state index contributed by atoms with van der Waals surface area (Å²) >= 11 is 0. The second kappa shape index (κ2) is 10.1. The van der Waals surface area contributed by atoms with Gasteiger partial charge in [0.1, 0.15) is 12.6 Å². The summed E-state index contributed by atoms with van der Waals surface area (Å²) in [7, 11) is 2.02. The highest BCUT2D eigenvalue weighted by Gasteiger charge is 2.45. The lowest BCUT2D eigenvalue weighted by atomic mass is 9.80. The van der Waals surface area contributed by atoms with Crippen LogP contribution in [0.4, 0.5) is 4.79 Å². The van der Waals surface area contributed by atoms with E-state index in [-0.39, 0.29) is 24.6 Å². The first-order chi connectivity index (χ1) is 14.8. The Kier molecular flexibility index (Phi) is 7.54. The molecule has 0 spiro atoms. The summed E-state index contributed by atoms with van der Waals surface area (Å²) in [6.45, 7) is 4.77. The SMILES string of the molecule is CC(C)N(C)C1CCC(N2CCC(NC(=O)OCc3ccccc3)C2=O)C(C(=O)O)C1. The van der Waals surface area contributed by atoms with Gasteiger partial charge in [-0.1, -0.05) is 30.3 Å². The van der Waals surface area contributed by atoms with Gasteiger partial charge in [-0.25, -0.2) is 4.79 Å². The van der Waals surface area contributed by atoms with Gasteiger partial charge in [-0.15, -0.1) is 0 Å². The van der Waals surface area contributed by atoms with Crippen molar-refractivity contribution < 1.29 is 24.2 Å². The number of carbonyl (C=O) groups is 3. The van der Waals surface area contributed by atoms with Crippen LogP contribution in [-0.2, 0) is 20.9 Å². The molecule has 3 rings (SSSR count). The van der Waals surface area contributed by atoms with Crippen LogP contribution in [0.25, 0.3) is 0 Å². The number of ether oxygens (including phenoxy) is 1. The van der Waals surface area contributed by atoms with E-state index in [1.54, 1.807) is 4.90 Å². The number of carboxylic acid groups (broad SMARTS) is 1. The van der Waals surface area contributed by atoms with E-state index < -0.39 is 24.0 Å². The van der Waals surface area contributed by atoms with Gasteiger partial charge in [0, 0.05) is 24.7 Å². The third-order valence-electron chi connectivity index (χ3n) is 6.64. The molecule has 1 aromatic rings. The number of carboxylic acids is 1. The van der Waals surface area contributed by atoms with Crippen molar-refractivity contribution in [2.24, 2.45) is 5.92 Å². The van der Waals surface area contributed by atoms with Crippen LogP contribution < -0.4 is 5.32 Å². The lowest BCUT2D eigenvalue weighted by Crippen LogP contribution is -2.53. The zero-order chi connectivity index (χ0) is 22.5. The average molecular weight is 432 g/mol. The number of hydrogen-bond donors (Lipinski definition) is 2. The molecule has 4 atom stereocenters. The molecule has 1 aliphatic carbocycles. The molecule has 1 saturated carbocycles. The Bertz CT molecular complexity index is 785. The maximum atomic E-state index is 13.0. The molecule has 4 unspecified atom stereocenters. The summed E-state index contributed by atoms with van der Waals surface area (Å²) < 4.78 is 5.22. The molecule has 0 aromatic heterocycles. The van der Waals surface area contributed by atoms with Gasteiger partial charge in [-0.2, -0.15) is 0 Å². The highest BCUT2D eigenvalue weighted by Crippen LogP contribution is 2.34. The molecular weight excluding hydrogens is 398 g/mol. The maximum absolute atomic E-state index is 13.0. The molecule has 1 saturated heterocycles. The Labute approximate surface area is 183 Å². The summed E-state index contributed by atoms with van der Waals surface area (Å²) in [4.78, 5) is 41.0. The predicted molar refractivity (Wildman–Crippen MR) is 115 cm³/mol. The van der Waals surface area contributed by atoms with Gasteiger partial charge in [0.15, 0.2) is 0 Å². The molecule has 2 amide bonds. The van der Waals surface area contributed by atoms with Gasteiger partial charge >= 0.3 is 12.1 Å². The number of nitrogens with zero attached hydrogens (tertiary/aromatic N) is 2. The van der Waals surface area contributed by atoms with Crippen LogP contribution >= 0.6 is 0 Å². The molecule has 2 N–H and O–H groups in total. The van der Waals surface area contributed by atoms with Crippen molar-refractivity contribution >= 4 is 18.0 Å². The molecule has 170 valence electrons. The minimum Gasteiger partial charge on any atom is -0.481 e. The fourth-order valence-electron chi connectivity index (χ4n) is 4.63. The Balaban J connectivity index is 1.56. The number of benzene rings is 1.